The molecule has 1 saturated carbocycles. The minimum absolute atomic E-state index is 0.316. The van der Waals surface area contributed by atoms with Gasteiger partial charge in [-0.25, -0.2) is 19.2 Å². The first-order chi connectivity index (χ1) is 18.0. The van der Waals surface area contributed by atoms with Crippen molar-refractivity contribution >= 4 is 40.1 Å². The summed E-state index contributed by atoms with van der Waals surface area (Å²) < 4.78 is 20.2. The van der Waals surface area contributed by atoms with Gasteiger partial charge in [-0.15, -0.1) is 0 Å². The van der Waals surface area contributed by atoms with E-state index < -0.39 is 5.76 Å². The van der Waals surface area contributed by atoms with Gasteiger partial charge in [-0.2, -0.15) is 4.98 Å². The van der Waals surface area contributed by atoms with Gasteiger partial charge in [0.05, 0.1) is 17.4 Å². The van der Waals surface area contributed by atoms with Gasteiger partial charge >= 0.3 is 5.76 Å². The van der Waals surface area contributed by atoms with Crippen LogP contribution in [-0.2, 0) is 0 Å². The lowest BCUT2D eigenvalue weighted by Gasteiger charge is -2.35. The number of hydrogen-bond acceptors (Lipinski definition) is 9. The van der Waals surface area contributed by atoms with Crippen molar-refractivity contribution in [3.05, 3.63) is 58.6 Å². The molecule has 10 nitrogen and oxygen atoms in total. The lowest BCUT2D eigenvalue weighted by atomic mass is 10.2. The van der Waals surface area contributed by atoms with Crippen LogP contribution in [0.5, 0.6) is 0 Å². The molecule has 4 aromatic rings. The molecule has 1 aliphatic carbocycles. The molecule has 0 amide bonds. The van der Waals surface area contributed by atoms with E-state index in [4.69, 9.17) is 4.42 Å². The molecule has 3 fully saturated rings. The third-order valence-electron chi connectivity index (χ3n) is 7.55. The van der Waals surface area contributed by atoms with E-state index in [1.54, 1.807) is 30.6 Å². The van der Waals surface area contributed by atoms with Gasteiger partial charge in [0.1, 0.15) is 5.82 Å². The molecule has 0 radical (unpaired) electrons. The van der Waals surface area contributed by atoms with E-state index in [0.717, 1.165) is 36.7 Å². The van der Waals surface area contributed by atoms with Crippen LogP contribution in [0.2, 0.25) is 0 Å². The van der Waals surface area contributed by atoms with Crippen LogP contribution in [0.15, 0.2) is 45.9 Å². The van der Waals surface area contributed by atoms with Crippen molar-refractivity contribution in [3.8, 4) is 0 Å². The normalized spacial score (nSPS) is 21.2. The largest absolute Gasteiger partial charge is 0.417 e. The number of benzene rings is 1. The molecule has 1 aromatic carbocycles. The Morgan fingerprint density at radius 2 is 2.00 bits per heavy atom. The predicted molar refractivity (Wildman–Crippen MR) is 138 cm³/mol. The average Bonchev–Trinajstić information content (AvgIpc) is 3.28. The maximum atomic E-state index is 15.2. The van der Waals surface area contributed by atoms with Gasteiger partial charge in [-0.05, 0) is 50.3 Å². The van der Waals surface area contributed by atoms with Crippen molar-refractivity contribution in [2.45, 2.75) is 38.3 Å². The van der Waals surface area contributed by atoms with Gasteiger partial charge in [0.25, 0.3) is 0 Å². The molecule has 0 spiro atoms. The molecule has 3 aromatic heterocycles. The fourth-order valence-corrected chi connectivity index (χ4v) is 5.50. The highest BCUT2D eigenvalue weighted by Gasteiger charge is 2.45. The van der Waals surface area contributed by atoms with Crippen molar-refractivity contribution < 1.29 is 8.81 Å². The Morgan fingerprint density at radius 3 is 2.78 bits per heavy atom. The number of H-pyrrole nitrogens is 1. The molecular weight excluding hydrogens is 475 g/mol. The Labute approximate surface area is 211 Å². The zero-order chi connectivity index (χ0) is 25.1. The number of halogens is 1. The number of nitrogens with one attached hydrogen (secondary N) is 3. The number of rotatable bonds is 7. The quantitative estimate of drug-likeness (QED) is 0.346. The second-order valence-electron chi connectivity index (χ2n) is 10.3. The first kappa shape index (κ1) is 22.2. The SMILES string of the molecule is Cc1cnc(Nc2cnc(N3CC4CC3CN4CC3CC3)c(F)c2)nc1Nc1ccc2oc(=O)[nH]c2c1. The van der Waals surface area contributed by atoms with Gasteiger partial charge in [0.15, 0.2) is 17.2 Å². The molecule has 2 unspecified atom stereocenters. The predicted octanol–water partition coefficient (Wildman–Crippen LogP) is 3.91. The monoisotopic (exact) mass is 502 g/mol. The Morgan fingerprint density at radius 1 is 1.11 bits per heavy atom. The van der Waals surface area contributed by atoms with Gasteiger partial charge in [0.2, 0.25) is 5.95 Å². The zero-order valence-corrected chi connectivity index (χ0v) is 20.4. The number of piperazine rings is 1. The highest BCUT2D eigenvalue weighted by molar-refractivity contribution is 5.78. The van der Waals surface area contributed by atoms with Gasteiger partial charge in [-0.3, -0.25) is 9.88 Å². The fourth-order valence-electron chi connectivity index (χ4n) is 5.50. The number of oxazole rings is 1. The number of nitrogens with zero attached hydrogens (tertiary/aromatic N) is 5. The molecular formula is C26H27FN8O2. The maximum absolute atomic E-state index is 15.2. The smallest absolute Gasteiger partial charge is 0.408 e. The van der Waals surface area contributed by atoms with Crippen LogP contribution < -0.4 is 21.3 Å². The summed E-state index contributed by atoms with van der Waals surface area (Å²) in [5, 5.41) is 6.30. The van der Waals surface area contributed by atoms with E-state index in [2.05, 4.69) is 40.4 Å². The number of fused-ring (bicyclic) bond motifs is 3. The molecule has 3 N–H and O–H groups in total. The zero-order valence-electron chi connectivity index (χ0n) is 20.4. The first-order valence-corrected chi connectivity index (χ1v) is 12.7. The Bertz CT molecular complexity index is 1550. The van der Waals surface area contributed by atoms with Crippen LogP contribution in [0.3, 0.4) is 0 Å². The topological polar surface area (TPSA) is 115 Å². The lowest BCUT2D eigenvalue weighted by molar-refractivity contribution is 0.228. The van der Waals surface area contributed by atoms with E-state index in [9.17, 15) is 4.79 Å². The van der Waals surface area contributed by atoms with Crippen molar-refractivity contribution in [2.24, 2.45) is 5.92 Å². The third kappa shape index (κ3) is 4.29. The summed E-state index contributed by atoms with van der Waals surface area (Å²) in [5.74, 6) is 1.34. The van der Waals surface area contributed by atoms with E-state index in [1.165, 1.54) is 25.5 Å². The van der Waals surface area contributed by atoms with Crippen LogP contribution in [0.4, 0.5) is 33.3 Å². The number of hydrogen-bond donors (Lipinski definition) is 3. The average molecular weight is 503 g/mol. The molecule has 7 rings (SSSR count). The molecule has 2 aliphatic heterocycles. The van der Waals surface area contributed by atoms with Gasteiger partial charge in [0, 0.05) is 55.2 Å². The summed E-state index contributed by atoms with van der Waals surface area (Å²) in [7, 11) is 0. The summed E-state index contributed by atoms with van der Waals surface area (Å²) in [6.45, 7) is 4.91. The van der Waals surface area contributed by atoms with E-state index in [1.807, 2.05) is 6.92 Å². The number of anilines is 5. The van der Waals surface area contributed by atoms with Gasteiger partial charge in [-0.1, -0.05) is 0 Å². The van der Waals surface area contributed by atoms with Crippen molar-refractivity contribution in [2.75, 3.05) is 35.2 Å². The summed E-state index contributed by atoms with van der Waals surface area (Å²) >= 11 is 0. The number of likely N-dealkylation sites (tertiary alicyclic amines) is 1. The van der Waals surface area contributed by atoms with Crippen LogP contribution >= 0.6 is 0 Å². The molecule has 2 atom stereocenters. The van der Waals surface area contributed by atoms with E-state index in [0.29, 0.717) is 46.5 Å². The Balaban J connectivity index is 1.05. The van der Waals surface area contributed by atoms with Gasteiger partial charge < -0.3 is 20.0 Å². The second kappa shape index (κ2) is 8.55. The number of aromatic amines is 1. The minimum Gasteiger partial charge on any atom is -0.408 e. The maximum Gasteiger partial charge on any atom is 0.417 e. The van der Waals surface area contributed by atoms with Crippen LogP contribution in [0.1, 0.15) is 24.8 Å². The Kier molecular flexibility index (Phi) is 5.13. The molecule has 11 heteroatoms. The first-order valence-electron chi connectivity index (χ1n) is 12.7. The highest BCUT2D eigenvalue weighted by atomic mass is 19.1. The van der Waals surface area contributed by atoms with Crippen LogP contribution in [-0.4, -0.2) is 56.6 Å². The minimum atomic E-state index is -0.503. The third-order valence-corrected chi connectivity index (χ3v) is 7.55. The highest BCUT2D eigenvalue weighted by Crippen LogP contribution is 2.38. The van der Waals surface area contributed by atoms with Crippen molar-refractivity contribution in [1.82, 2.24) is 24.8 Å². The molecule has 190 valence electrons. The van der Waals surface area contributed by atoms with Crippen LogP contribution in [0.25, 0.3) is 11.1 Å². The van der Waals surface area contributed by atoms with E-state index >= 15 is 4.39 Å². The summed E-state index contributed by atoms with van der Waals surface area (Å²) in [6, 6.07) is 7.56. The second-order valence-corrected chi connectivity index (χ2v) is 10.3. The van der Waals surface area contributed by atoms with E-state index in [-0.39, 0.29) is 5.82 Å². The summed E-state index contributed by atoms with van der Waals surface area (Å²) in [6.07, 6.45) is 7.11. The molecule has 37 heavy (non-hydrogen) atoms. The fraction of sp³-hybridized carbons (Fsp3) is 0.385. The van der Waals surface area contributed by atoms with Crippen molar-refractivity contribution in [1.29, 1.82) is 0 Å². The summed E-state index contributed by atoms with van der Waals surface area (Å²) in [5.41, 5.74) is 3.10. The Hall–Kier alpha value is -3.99. The van der Waals surface area contributed by atoms with Crippen molar-refractivity contribution in [3.63, 3.8) is 0 Å². The molecule has 5 heterocycles. The number of pyridine rings is 1. The standard InChI is InChI=1S/C26H27FN8O2/c1-14-9-29-25(33-23(14)30-16-4-5-22-21(7-16)32-26(36)37-22)31-17-6-20(27)24(28-10-17)35-13-18-8-19(35)12-34(18)11-15-2-3-15/h4-7,9-10,15,18-19H,2-3,8,11-13H2,1H3,(H,32,36)(H2,29,30,31,33). The molecule has 2 bridgehead atoms. The molecule has 2 saturated heterocycles. The molecule has 3 aliphatic rings. The summed E-state index contributed by atoms with van der Waals surface area (Å²) in [4.78, 5) is 32.1. The number of aromatic nitrogens is 4. The number of aryl methyl sites for hydroxylation is 1. The lowest BCUT2D eigenvalue weighted by Crippen LogP contribution is -2.47. The van der Waals surface area contributed by atoms with Crippen LogP contribution in [0, 0.1) is 18.7 Å².